The highest BCUT2D eigenvalue weighted by atomic mass is 19.4. The quantitative estimate of drug-likeness (QED) is 0.857. The molecule has 2 rings (SSSR count). The van der Waals surface area contributed by atoms with Crippen LogP contribution in [0.1, 0.15) is 25.7 Å². The SMILES string of the molecule is O=C(O)C1CCCC(C(=O)Nc2ccc(OCC(F)(F)F)cc2)C1. The van der Waals surface area contributed by atoms with Crippen LogP contribution in [0.15, 0.2) is 24.3 Å². The lowest BCUT2D eigenvalue weighted by atomic mass is 9.81. The summed E-state index contributed by atoms with van der Waals surface area (Å²) in [6.45, 7) is -1.38. The Labute approximate surface area is 136 Å². The second-order valence-corrected chi connectivity index (χ2v) is 5.82. The van der Waals surface area contributed by atoms with E-state index in [-0.39, 0.29) is 17.6 Å². The predicted molar refractivity (Wildman–Crippen MR) is 79.7 cm³/mol. The van der Waals surface area contributed by atoms with Crippen LogP contribution in [0.3, 0.4) is 0 Å². The molecule has 1 amide bonds. The highest BCUT2D eigenvalue weighted by molar-refractivity contribution is 5.93. The fourth-order valence-electron chi connectivity index (χ4n) is 2.70. The van der Waals surface area contributed by atoms with Crippen LogP contribution in [0.25, 0.3) is 0 Å². The summed E-state index contributed by atoms with van der Waals surface area (Å²) in [5, 5.41) is 11.7. The van der Waals surface area contributed by atoms with E-state index in [1.807, 2.05) is 0 Å². The van der Waals surface area contributed by atoms with Crippen molar-refractivity contribution in [3.05, 3.63) is 24.3 Å². The number of carboxylic acid groups (broad SMARTS) is 1. The topological polar surface area (TPSA) is 75.6 Å². The van der Waals surface area contributed by atoms with E-state index in [0.29, 0.717) is 31.4 Å². The second-order valence-electron chi connectivity index (χ2n) is 5.82. The van der Waals surface area contributed by atoms with Crippen molar-refractivity contribution in [2.45, 2.75) is 31.9 Å². The number of carbonyl (C=O) groups is 2. The van der Waals surface area contributed by atoms with Gasteiger partial charge in [-0.15, -0.1) is 0 Å². The Kier molecular flexibility index (Phi) is 5.69. The van der Waals surface area contributed by atoms with Crippen molar-refractivity contribution in [1.82, 2.24) is 0 Å². The lowest BCUT2D eigenvalue weighted by Crippen LogP contribution is -2.30. The zero-order valence-electron chi connectivity index (χ0n) is 12.8. The van der Waals surface area contributed by atoms with Gasteiger partial charge in [0.15, 0.2) is 6.61 Å². The molecule has 1 fully saturated rings. The van der Waals surface area contributed by atoms with Gasteiger partial charge in [0.25, 0.3) is 0 Å². The summed E-state index contributed by atoms with van der Waals surface area (Å²) < 4.78 is 40.8. The van der Waals surface area contributed by atoms with Crippen LogP contribution in [0, 0.1) is 11.8 Å². The number of carbonyl (C=O) groups excluding carboxylic acids is 1. The van der Waals surface area contributed by atoms with Gasteiger partial charge in [-0.3, -0.25) is 9.59 Å². The lowest BCUT2D eigenvalue weighted by Gasteiger charge is -2.25. The van der Waals surface area contributed by atoms with E-state index in [1.54, 1.807) is 0 Å². The summed E-state index contributed by atoms with van der Waals surface area (Å²) in [4.78, 5) is 23.2. The van der Waals surface area contributed by atoms with Crippen molar-refractivity contribution in [1.29, 1.82) is 0 Å². The molecule has 1 saturated carbocycles. The molecule has 2 atom stereocenters. The molecule has 0 heterocycles. The maximum absolute atomic E-state index is 12.2. The maximum Gasteiger partial charge on any atom is 0.422 e. The number of amides is 1. The van der Waals surface area contributed by atoms with Crippen molar-refractivity contribution in [3.63, 3.8) is 0 Å². The van der Waals surface area contributed by atoms with Gasteiger partial charge in [-0.1, -0.05) is 6.42 Å². The molecule has 2 N–H and O–H groups in total. The van der Waals surface area contributed by atoms with E-state index in [2.05, 4.69) is 10.1 Å². The standard InChI is InChI=1S/C16H18F3NO4/c17-16(18,19)9-24-13-6-4-12(5-7-13)20-14(21)10-2-1-3-11(8-10)15(22)23/h4-7,10-11H,1-3,8-9H2,(H,20,21)(H,22,23). The van der Waals surface area contributed by atoms with Crippen LogP contribution >= 0.6 is 0 Å². The van der Waals surface area contributed by atoms with Gasteiger partial charge in [-0.25, -0.2) is 0 Å². The van der Waals surface area contributed by atoms with E-state index in [4.69, 9.17) is 5.11 Å². The lowest BCUT2D eigenvalue weighted by molar-refractivity contribution is -0.153. The third-order valence-corrected chi connectivity index (χ3v) is 3.92. The fraction of sp³-hybridized carbons (Fsp3) is 0.500. The monoisotopic (exact) mass is 345 g/mol. The van der Waals surface area contributed by atoms with Crippen LogP contribution in [-0.2, 0) is 9.59 Å². The van der Waals surface area contributed by atoms with E-state index < -0.39 is 24.7 Å². The highest BCUT2D eigenvalue weighted by Gasteiger charge is 2.31. The normalized spacial score (nSPS) is 21.1. The average molecular weight is 345 g/mol. The number of aliphatic carboxylic acids is 1. The van der Waals surface area contributed by atoms with Gasteiger partial charge < -0.3 is 15.2 Å². The number of hydrogen-bond donors (Lipinski definition) is 2. The van der Waals surface area contributed by atoms with Gasteiger partial charge >= 0.3 is 12.1 Å². The van der Waals surface area contributed by atoms with E-state index in [9.17, 15) is 22.8 Å². The minimum absolute atomic E-state index is 0.0499. The summed E-state index contributed by atoms with van der Waals surface area (Å²) in [6.07, 6.45) is -2.23. The molecular formula is C16H18F3NO4. The largest absolute Gasteiger partial charge is 0.484 e. The summed E-state index contributed by atoms with van der Waals surface area (Å²) >= 11 is 0. The third-order valence-electron chi connectivity index (χ3n) is 3.92. The van der Waals surface area contributed by atoms with E-state index in [0.717, 1.165) is 0 Å². The average Bonchev–Trinajstić information content (AvgIpc) is 2.53. The van der Waals surface area contributed by atoms with Crippen LogP contribution in [0.2, 0.25) is 0 Å². The Balaban J connectivity index is 1.88. The van der Waals surface area contributed by atoms with Crippen molar-refractivity contribution >= 4 is 17.6 Å². The number of benzene rings is 1. The molecule has 0 aromatic heterocycles. The molecule has 8 heteroatoms. The number of anilines is 1. The molecule has 1 aromatic rings. The van der Waals surface area contributed by atoms with Crippen molar-refractivity contribution in [3.8, 4) is 5.75 Å². The number of nitrogens with one attached hydrogen (secondary N) is 1. The molecule has 0 aliphatic heterocycles. The molecule has 0 bridgehead atoms. The van der Waals surface area contributed by atoms with Gasteiger partial charge in [0.2, 0.25) is 5.91 Å². The molecule has 1 aliphatic rings. The Hall–Kier alpha value is -2.25. The molecule has 2 unspecified atom stereocenters. The first-order chi connectivity index (χ1) is 11.2. The predicted octanol–water partition coefficient (Wildman–Crippen LogP) is 3.46. The molecule has 0 spiro atoms. The third kappa shape index (κ3) is 5.43. The van der Waals surface area contributed by atoms with Gasteiger partial charge in [0.1, 0.15) is 5.75 Å². The van der Waals surface area contributed by atoms with Crippen LogP contribution in [0.4, 0.5) is 18.9 Å². The van der Waals surface area contributed by atoms with Crippen LogP contribution < -0.4 is 10.1 Å². The molecule has 1 aliphatic carbocycles. The Morgan fingerprint density at radius 1 is 1.17 bits per heavy atom. The molecule has 5 nitrogen and oxygen atoms in total. The van der Waals surface area contributed by atoms with Crippen LogP contribution in [0.5, 0.6) is 5.75 Å². The van der Waals surface area contributed by atoms with Crippen molar-refractivity contribution in [2.75, 3.05) is 11.9 Å². The molecule has 1 aromatic carbocycles. The molecule has 0 saturated heterocycles. The first kappa shape index (κ1) is 18.1. The van der Waals surface area contributed by atoms with Gasteiger partial charge in [0, 0.05) is 11.6 Å². The molecule has 0 radical (unpaired) electrons. The Morgan fingerprint density at radius 2 is 1.79 bits per heavy atom. The van der Waals surface area contributed by atoms with Gasteiger partial charge in [0.05, 0.1) is 5.92 Å². The number of halogens is 3. The smallest absolute Gasteiger partial charge is 0.422 e. The molecule has 132 valence electrons. The Bertz CT molecular complexity index is 586. The molecular weight excluding hydrogens is 327 g/mol. The van der Waals surface area contributed by atoms with Gasteiger partial charge in [-0.2, -0.15) is 13.2 Å². The zero-order chi connectivity index (χ0) is 17.7. The van der Waals surface area contributed by atoms with Crippen LogP contribution in [-0.4, -0.2) is 29.8 Å². The number of hydrogen-bond acceptors (Lipinski definition) is 3. The number of ether oxygens (including phenoxy) is 1. The molecule has 24 heavy (non-hydrogen) atoms. The van der Waals surface area contributed by atoms with Gasteiger partial charge in [-0.05, 0) is 43.5 Å². The van der Waals surface area contributed by atoms with Crippen molar-refractivity contribution < 1.29 is 32.6 Å². The maximum atomic E-state index is 12.2. The van der Waals surface area contributed by atoms with E-state index >= 15 is 0 Å². The summed E-state index contributed by atoms with van der Waals surface area (Å²) in [6, 6.07) is 5.56. The second kappa shape index (κ2) is 7.55. The first-order valence-electron chi connectivity index (χ1n) is 7.58. The minimum atomic E-state index is -4.41. The first-order valence-corrected chi connectivity index (χ1v) is 7.58. The minimum Gasteiger partial charge on any atom is -0.484 e. The summed E-state index contributed by atoms with van der Waals surface area (Å²) in [5.41, 5.74) is 0.428. The number of alkyl halides is 3. The number of rotatable bonds is 5. The fourth-order valence-corrected chi connectivity index (χ4v) is 2.70. The highest BCUT2D eigenvalue weighted by Crippen LogP contribution is 2.30. The van der Waals surface area contributed by atoms with E-state index in [1.165, 1.54) is 24.3 Å². The summed E-state index contributed by atoms with van der Waals surface area (Å²) in [5.74, 6) is -1.99. The number of carboxylic acids is 1. The van der Waals surface area contributed by atoms with Crippen molar-refractivity contribution in [2.24, 2.45) is 11.8 Å². The summed E-state index contributed by atoms with van der Waals surface area (Å²) in [7, 11) is 0. The zero-order valence-corrected chi connectivity index (χ0v) is 12.8. The Morgan fingerprint density at radius 3 is 2.38 bits per heavy atom.